The summed E-state index contributed by atoms with van der Waals surface area (Å²) in [5, 5.41) is 23.1. The highest BCUT2D eigenvalue weighted by Crippen LogP contribution is 2.17. The summed E-state index contributed by atoms with van der Waals surface area (Å²) in [6.07, 6.45) is 58.7. The molecule has 0 aromatic rings. The van der Waals surface area contributed by atoms with Crippen LogP contribution >= 0.6 is 0 Å². The number of esters is 1. The second-order valence-corrected chi connectivity index (χ2v) is 18.2. The normalized spacial score (nSPS) is 12.8. The number of hydrogen-bond acceptors (Lipinski definition) is 5. The van der Waals surface area contributed by atoms with Gasteiger partial charge in [-0.15, -0.1) is 0 Å². The average Bonchev–Trinajstić information content (AvgIpc) is 3.25. The topological polar surface area (TPSA) is 95.9 Å². The summed E-state index contributed by atoms with van der Waals surface area (Å²) in [5.41, 5.74) is 0. The molecule has 0 heterocycles. The van der Waals surface area contributed by atoms with E-state index in [0.29, 0.717) is 25.9 Å². The zero-order valence-electron chi connectivity index (χ0n) is 40.2. The van der Waals surface area contributed by atoms with Crippen LogP contribution in [0, 0.1) is 0 Å². The van der Waals surface area contributed by atoms with Gasteiger partial charge in [0.1, 0.15) is 0 Å². The van der Waals surface area contributed by atoms with Crippen LogP contribution in [0.25, 0.3) is 0 Å². The molecule has 0 fully saturated rings. The molecule has 0 bridgehead atoms. The van der Waals surface area contributed by atoms with Gasteiger partial charge in [0.25, 0.3) is 0 Å². The van der Waals surface area contributed by atoms with Crippen LogP contribution in [-0.4, -0.2) is 47.4 Å². The van der Waals surface area contributed by atoms with Crippen LogP contribution in [0.4, 0.5) is 0 Å². The van der Waals surface area contributed by atoms with Gasteiger partial charge in [-0.25, -0.2) is 0 Å². The number of allylic oxidation sites excluding steroid dienone is 4. The SMILES string of the molecule is CCCC/C=C\C/C=C\CCCCCCCC(=O)OCCCCCCCCCCCCCCCCCCCCCC(=O)NC(CO)C(O)CCCCCCCCCCCC. The fourth-order valence-corrected chi connectivity index (χ4v) is 8.13. The summed E-state index contributed by atoms with van der Waals surface area (Å²) in [7, 11) is 0. The molecule has 0 saturated carbocycles. The molecule has 60 heavy (non-hydrogen) atoms. The second kappa shape index (κ2) is 50.0. The van der Waals surface area contributed by atoms with E-state index in [1.54, 1.807) is 0 Å². The Morgan fingerprint density at radius 2 is 0.850 bits per heavy atom. The van der Waals surface area contributed by atoms with Crippen molar-refractivity contribution in [2.24, 2.45) is 0 Å². The summed E-state index contributed by atoms with van der Waals surface area (Å²) in [5.74, 6) is -0.0457. The van der Waals surface area contributed by atoms with E-state index in [1.807, 2.05) is 0 Å². The van der Waals surface area contributed by atoms with Gasteiger partial charge < -0.3 is 20.3 Å². The van der Waals surface area contributed by atoms with E-state index >= 15 is 0 Å². The van der Waals surface area contributed by atoms with Gasteiger partial charge in [-0.1, -0.05) is 244 Å². The lowest BCUT2D eigenvalue weighted by molar-refractivity contribution is -0.143. The van der Waals surface area contributed by atoms with Crippen LogP contribution in [0.1, 0.15) is 284 Å². The average molecular weight is 846 g/mol. The van der Waals surface area contributed by atoms with Crippen molar-refractivity contribution in [2.45, 2.75) is 296 Å². The van der Waals surface area contributed by atoms with E-state index < -0.39 is 12.1 Å². The molecular formula is C54H103NO5. The first kappa shape index (κ1) is 58.3. The molecule has 0 spiro atoms. The van der Waals surface area contributed by atoms with Gasteiger partial charge in [0, 0.05) is 12.8 Å². The Balaban J connectivity index is 3.38. The molecule has 0 aromatic heterocycles. The van der Waals surface area contributed by atoms with Crippen molar-refractivity contribution in [3.8, 4) is 0 Å². The van der Waals surface area contributed by atoms with Crippen LogP contribution < -0.4 is 5.32 Å². The molecule has 0 aromatic carbocycles. The number of rotatable bonds is 49. The van der Waals surface area contributed by atoms with Gasteiger partial charge in [0.15, 0.2) is 0 Å². The summed E-state index contributed by atoms with van der Waals surface area (Å²) < 4.78 is 5.46. The molecule has 0 aliphatic carbocycles. The number of aliphatic hydroxyl groups is 2. The molecule has 6 heteroatoms. The van der Waals surface area contributed by atoms with Crippen LogP contribution in [0.3, 0.4) is 0 Å². The zero-order valence-corrected chi connectivity index (χ0v) is 40.2. The second-order valence-electron chi connectivity index (χ2n) is 18.2. The molecule has 0 aliphatic heterocycles. The first-order valence-corrected chi connectivity index (χ1v) is 26.6. The number of hydrogen-bond donors (Lipinski definition) is 3. The third kappa shape index (κ3) is 45.9. The van der Waals surface area contributed by atoms with Gasteiger partial charge in [-0.2, -0.15) is 0 Å². The van der Waals surface area contributed by atoms with Crippen LogP contribution in [0.15, 0.2) is 24.3 Å². The fraction of sp³-hybridized carbons (Fsp3) is 0.889. The quantitative estimate of drug-likeness (QED) is 0.0322. The van der Waals surface area contributed by atoms with Gasteiger partial charge in [0.2, 0.25) is 5.91 Å². The molecule has 2 unspecified atom stereocenters. The Hall–Kier alpha value is -1.66. The highest BCUT2D eigenvalue weighted by Gasteiger charge is 2.20. The van der Waals surface area contributed by atoms with E-state index in [-0.39, 0.29) is 18.5 Å². The Morgan fingerprint density at radius 1 is 0.467 bits per heavy atom. The number of nitrogens with one attached hydrogen (secondary N) is 1. The minimum atomic E-state index is -0.664. The number of ether oxygens (including phenoxy) is 1. The largest absolute Gasteiger partial charge is 0.466 e. The number of aliphatic hydroxyl groups excluding tert-OH is 2. The molecule has 0 radical (unpaired) electrons. The lowest BCUT2D eigenvalue weighted by atomic mass is 10.0. The van der Waals surface area contributed by atoms with Gasteiger partial charge >= 0.3 is 5.97 Å². The van der Waals surface area contributed by atoms with Crippen molar-refractivity contribution in [1.29, 1.82) is 0 Å². The maximum absolute atomic E-state index is 12.4. The molecule has 6 nitrogen and oxygen atoms in total. The van der Waals surface area contributed by atoms with E-state index in [0.717, 1.165) is 51.4 Å². The number of carbonyl (C=O) groups excluding carboxylic acids is 2. The standard InChI is InChI=1S/C54H103NO5/c1-3-5-7-9-11-13-15-16-25-28-32-36-40-44-48-54(59)60-49-45-41-37-33-29-26-23-21-19-17-18-20-22-24-27-31-35-39-43-47-53(58)55-51(50-56)52(57)46-42-38-34-30-14-12-10-8-6-4-2/h9,11,15-16,51-52,56-57H,3-8,10,12-14,17-50H2,1-2H3,(H,55,58)/b11-9-,16-15-. The molecule has 1 amide bonds. The Bertz CT molecular complexity index is 935. The predicted octanol–water partition coefficient (Wildman–Crippen LogP) is 15.9. The Morgan fingerprint density at radius 3 is 1.32 bits per heavy atom. The number of unbranched alkanes of at least 4 members (excludes halogenated alkanes) is 34. The minimum absolute atomic E-state index is 0.00586. The summed E-state index contributed by atoms with van der Waals surface area (Å²) in [4.78, 5) is 24.4. The van der Waals surface area contributed by atoms with Crippen molar-refractivity contribution in [2.75, 3.05) is 13.2 Å². The van der Waals surface area contributed by atoms with Crippen LogP contribution in [0.2, 0.25) is 0 Å². The molecule has 2 atom stereocenters. The number of amides is 1. The maximum Gasteiger partial charge on any atom is 0.305 e. The molecular weight excluding hydrogens is 743 g/mol. The first-order valence-electron chi connectivity index (χ1n) is 26.6. The monoisotopic (exact) mass is 846 g/mol. The van der Waals surface area contributed by atoms with Crippen LogP contribution in [0.5, 0.6) is 0 Å². The first-order chi connectivity index (χ1) is 29.5. The third-order valence-electron chi connectivity index (χ3n) is 12.3. The van der Waals surface area contributed by atoms with Crippen molar-refractivity contribution < 1.29 is 24.5 Å². The lowest BCUT2D eigenvalue weighted by Gasteiger charge is -2.22. The highest BCUT2D eigenvalue weighted by molar-refractivity contribution is 5.76. The smallest absolute Gasteiger partial charge is 0.305 e. The molecule has 0 rings (SSSR count). The van der Waals surface area contributed by atoms with Gasteiger partial charge in [-0.3, -0.25) is 9.59 Å². The van der Waals surface area contributed by atoms with E-state index in [4.69, 9.17) is 4.74 Å². The van der Waals surface area contributed by atoms with Crippen molar-refractivity contribution in [3.63, 3.8) is 0 Å². The highest BCUT2D eigenvalue weighted by atomic mass is 16.5. The molecule has 354 valence electrons. The van der Waals surface area contributed by atoms with Crippen molar-refractivity contribution in [3.05, 3.63) is 24.3 Å². The zero-order chi connectivity index (χ0) is 43.7. The predicted molar refractivity (Wildman–Crippen MR) is 260 cm³/mol. The molecule has 0 saturated heterocycles. The summed E-state index contributed by atoms with van der Waals surface area (Å²) >= 11 is 0. The van der Waals surface area contributed by atoms with Crippen molar-refractivity contribution in [1.82, 2.24) is 5.32 Å². The van der Waals surface area contributed by atoms with E-state index in [9.17, 15) is 19.8 Å². The summed E-state index contributed by atoms with van der Waals surface area (Å²) in [6.45, 7) is 4.89. The van der Waals surface area contributed by atoms with Crippen LogP contribution in [-0.2, 0) is 14.3 Å². The molecule has 0 aliphatic rings. The van der Waals surface area contributed by atoms with Gasteiger partial charge in [-0.05, 0) is 51.4 Å². The van der Waals surface area contributed by atoms with E-state index in [1.165, 1.54) is 199 Å². The minimum Gasteiger partial charge on any atom is -0.466 e. The van der Waals surface area contributed by atoms with Gasteiger partial charge in [0.05, 0.1) is 25.4 Å². The lowest BCUT2D eigenvalue weighted by Crippen LogP contribution is -2.45. The third-order valence-corrected chi connectivity index (χ3v) is 12.3. The number of carbonyl (C=O) groups is 2. The maximum atomic E-state index is 12.4. The fourth-order valence-electron chi connectivity index (χ4n) is 8.13. The molecule has 3 N–H and O–H groups in total. The van der Waals surface area contributed by atoms with E-state index in [2.05, 4.69) is 43.5 Å². The van der Waals surface area contributed by atoms with Crippen molar-refractivity contribution >= 4 is 11.9 Å². The Labute approximate surface area is 373 Å². The summed E-state index contributed by atoms with van der Waals surface area (Å²) in [6, 6.07) is -0.542. The Kier molecular flexibility index (Phi) is 48.6.